The minimum Gasteiger partial charge on any atom is -0.348 e. The van der Waals surface area contributed by atoms with Crippen LogP contribution < -0.4 is 10.6 Å². The first kappa shape index (κ1) is 23.3. The molecule has 3 amide bonds. The molecule has 0 radical (unpaired) electrons. The molecule has 34 heavy (non-hydrogen) atoms. The molecule has 1 aromatic heterocycles. The third-order valence-electron chi connectivity index (χ3n) is 5.47. The molecule has 0 aliphatic carbocycles. The third kappa shape index (κ3) is 5.37. The van der Waals surface area contributed by atoms with Gasteiger partial charge in [-0.2, -0.15) is 0 Å². The Morgan fingerprint density at radius 2 is 1.62 bits per heavy atom. The van der Waals surface area contributed by atoms with E-state index in [-0.39, 0.29) is 29.0 Å². The number of benzene rings is 2. The molecule has 4 rings (SSSR count). The van der Waals surface area contributed by atoms with Crippen molar-refractivity contribution >= 4 is 35.1 Å². The minimum absolute atomic E-state index is 0.000609. The zero-order chi connectivity index (χ0) is 24.1. The molecule has 1 fully saturated rings. The van der Waals surface area contributed by atoms with E-state index in [9.17, 15) is 18.8 Å². The van der Waals surface area contributed by atoms with Crippen molar-refractivity contribution in [3.05, 3.63) is 88.6 Å². The van der Waals surface area contributed by atoms with Crippen LogP contribution in [0.5, 0.6) is 0 Å². The number of halogens is 2. The van der Waals surface area contributed by atoms with Crippen LogP contribution in [0.2, 0.25) is 5.02 Å². The fourth-order valence-electron chi connectivity index (χ4n) is 3.66. The number of carbonyl (C=O) groups is 3. The average Bonchev–Trinajstić information content (AvgIpc) is 2.85. The Labute approximate surface area is 200 Å². The highest BCUT2D eigenvalue weighted by Gasteiger charge is 2.27. The first-order valence-corrected chi connectivity index (χ1v) is 11.0. The first-order valence-electron chi connectivity index (χ1n) is 10.6. The van der Waals surface area contributed by atoms with E-state index < -0.39 is 17.6 Å². The highest BCUT2D eigenvalue weighted by Crippen LogP contribution is 2.20. The topological polar surface area (TPSA) is 104 Å². The van der Waals surface area contributed by atoms with Crippen molar-refractivity contribution in [1.82, 2.24) is 20.2 Å². The summed E-state index contributed by atoms with van der Waals surface area (Å²) < 4.78 is 13.1. The highest BCUT2D eigenvalue weighted by atomic mass is 35.5. The SMILES string of the molecule is O=C(Nc1nccnc1C(=O)NC1CCN(C(=O)c2ccccc2Cl)CC1)c1ccc(F)cc1. The molecule has 2 N–H and O–H groups in total. The van der Waals surface area contributed by atoms with E-state index in [0.29, 0.717) is 36.5 Å². The van der Waals surface area contributed by atoms with Crippen molar-refractivity contribution in [2.24, 2.45) is 0 Å². The average molecular weight is 482 g/mol. The molecule has 1 saturated heterocycles. The lowest BCUT2D eigenvalue weighted by molar-refractivity contribution is 0.0698. The van der Waals surface area contributed by atoms with Crippen LogP contribution in [0.1, 0.15) is 44.0 Å². The molecule has 0 atom stereocenters. The van der Waals surface area contributed by atoms with E-state index >= 15 is 0 Å². The summed E-state index contributed by atoms with van der Waals surface area (Å²) in [7, 11) is 0. The molecule has 174 valence electrons. The van der Waals surface area contributed by atoms with E-state index in [1.165, 1.54) is 36.7 Å². The Hall–Kier alpha value is -3.85. The van der Waals surface area contributed by atoms with Gasteiger partial charge >= 0.3 is 0 Å². The summed E-state index contributed by atoms with van der Waals surface area (Å²) >= 11 is 6.14. The molecule has 1 aliphatic heterocycles. The van der Waals surface area contributed by atoms with Gasteiger partial charge in [0.2, 0.25) is 0 Å². The van der Waals surface area contributed by atoms with Crippen molar-refractivity contribution in [2.45, 2.75) is 18.9 Å². The molecule has 0 spiro atoms. The monoisotopic (exact) mass is 481 g/mol. The van der Waals surface area contributed by atoms with E-state index in [1.807, 2.05) is 0 Å². The number of carbonyl (C=O) groups excluding carboxylic acids is 3. The molecular formula is C24H21ClFN5O3. The van der Waals surface area contributed by atoms with E-state index in [2.05, 4.69) is 20.6 Å². The van der Waals surface area contributed by atoms with Gasteiger partial charge in [-0.15, -0.1) is 0 Å². The third-order valence-corrected chi connectivity index (χ3v) is 5.80. The molecule has 8 nitrogen and oxygen atoms in total. The van der Waals surface area contributed by atoms with E-state index in [1.54, 1.807) is 29.2 Å². The number of piperidine rings is 1. The Bertz CT molecular complexity index is 1210. The van der Waals surface area contributed by atoms with E-state index in [0.717, 1.165) is 0 Å². The van der Waals surface area contributed by atoms with Gasteiger partial charge in [0.05, 0.1) is 10.6 Å². The second-order valence-electron chi connectivity index (χ2n) is 7.73. The second kappa shape index (κ2) is 10.4. The number of anilines is 1. The molecule has 1 aliphatic rings. The molecule has 2 aromatic carbocycles. The zero-order valence-corrected chi connectivity index (χ0v) is 18.8. The van der Waals surface area contributed by atoms with Crippen LogP contribution in [-0.2, 0) is 0 Å². The lowest BCUT2D eigenvalue weighted by Crippen LogP contribution is -2.46. The molecule has 0 bridgehead atoms. The fourth-order valence-corrected chi connectivity index (χ4v) is 3.88. The minimum atomic E-state index is -0.541. The number of aromatic nitrogens is 2. The number of rotatable bonds is 5. The molecule has 0 saturated carbocycles. The predicted octanol–water partition coefficient (Wildman–Crippen LogP) is 3.56. The van der Waals surface area contributed by atoms with Crippen molar-refractivity contribution in [2.75, 3.05) is 18.4 Å². The molecule has 3 aromatic rings. The summed E-state index contributed by atoms with van der Waals surface area (Å²) in [5, 5.41) is 5.85. The highest BCUT2D eigenvalue weighted by molar-refractivity contribution is 6.33. The molecule has 0 unspecified atom stereocenters. The standard InChI is InChI=1S/C24H21ClFN5O3/c25-19-4-2-1-3-18(19)24(34)31-13-9-17(10-14-31)29-23(33)20-21(28-12-11-27-20)30-22(32)15-5-7-16(26)8-6-15/h1-8,11-12,17H,9-10,13-14H2,(H,29,33)(H,28,30,32). The Kier molecular flexibility index (Phi) is 7.12. The quantitative estimate of drug-likeness (QED) is 0.580. The van der Waals surface area contributed by atoms with Gasteiger partial charge in [-0.25, -0.2) is 14.4 Å². The van der Waals surface area contributed by atoms with Crippen LogP contribution in [0.15, 0.2) is 60.9 Å². The molecular weight excluding hydrogens is 461 g/mol. The summed E-state index contributed by atoms with van der Waals surface area (Å²) in [6, 6.07) is 11.7. The van der Waals surface area contributed by atoms with Gasteiger partial charge in [0.15, 0.2) is 11.5 Å². The second-order valence-corrected chi connectivity index (χ2v) is 8.14. The Morgan fingerprint density at radius 1 is 0.941 bits per heavy atom. The van der Waals surface area contributed by atoms with Gasteiger partial charge in [-0.1, -0.05) is 23.7 Å². The maximum Gasteiger partial charge on any atom is 0.273 e. The first-order chi connectivity index (χ1) is 16.4. The Balaban J connectivity index is 1.37. The Morgan fingerprint density at radius 3 is 2.32 bits per heavy atom. The predicted molar refractivity (Wildman–Crippen MR) is 124 cm³/mol. The number of likely N-dealkylation sites (tertiary alicyclic amines) is 1. The number of amides is 3. The molecule has 10 heteroatoms. The summed E-state index contributed by atoms with van der Waals surface area (Å²) in [4.78, 5) is 47.9. The normalized spacial score (nSPS) is 13.9. The van der Waals surface area contributed by atoms with Crippen molar-refractivity contribution in [1.29, 1.82) is 0 Å². The van der Waals surface area contributed by atoms with Gasteiger partial charge in [0, 0.05) is 37.1 Å². The number of nitrogens with zero attached hydrogens (tertiary/aromatic N) is 3. The van der Waals surface area contributed by atoms with Crippen LogP contribution in [0.25, 0.3) is 0 Å². The van der Waals surface area contributed by atoms with Gasteiger partial charge in [0.1, 0.15) is 5.82 Å². The lowest BCUT2D eigenvalue weighted by atomic mass is 10.0. The van der Waals surface area contributed by atoms with Crippen LogP contribution in [-0.4, -0.2) is 51.7 Å². The maximum atomic E-state index is 13.1. The van der Waals surface area contributed by atoms with E-state index in [4.69, 9.17) is 11.6 Å². The van der Waals surface area contributed by atoms with Crippen molar-refractivity contribution < 1.29 is 18.8 Å². The summed E-state index contributed by atoms with van der Waals surface area (Å²) in [6.07, 6.45) is 3.82. The zero-order valence-electron chi connectivity index (χ0n) is 18.0. The van der Waals surface area contributed by atoms with Crippen molar-refractivity contribution in [3.63, 3.8) is 0 Å². The summed E-state index contributed by atoms with van der Waals surface area (Å²) in [5.41, 5.74) is 0.634. The largest absolute Gasteiger partial charge is 0.348 e. The number of hydrogen-bond acceptors (Lipinski definition) is 5. The fraction of sp³-hybridized carbons (Fsp3) is 0.208. The smallest absolute Gasteiger partial charge is 0.273 e. The summed E-state index contributed by atoms with van der Waals surface area (Å²) in [5.74, 6) is -1.63. The lowest BCUT2D eigenvalue weighted by Gasteiger charge is -2.32. The number of nitrogens with one attached hydrogen (secondary N) is 2. The van der Waals surface area contributed by atoms with Gasteiger partial charge in [-0.3, -0.25) is 14.4 Å². The summed E-state index contributed by atoms with van der Waals surface area (Å²) in [6.45, 7) is 0.924. The van der Waals surface area contributed by atoms with Gasteiger partial charge in [-0.05, 0) is 49.2 Å². The maximum absolute atomic E-state index is 13.1. The molecule has 2 heterocycles. The van der Waals surface area contributed by atoms with Crippen LogP contribution in [0, 0.1) is 5.82 Å². The van der Waals surface area contributed by atoms with Gasteiger partial charge < -0.3 is 15.5 Å². The van der Waals surface area contributed by atoms with Crippen LogP contribution >= 0.6 is 11.6 Å². The van der Waals surface area contributed by atoms with Crippen LogP contribution in [0.4, 0.5) is 10.2 Å². The van der Waals surface area contributed by atoms with Crippen LogP contribution in [0.3, 0.4) is 0 Å². The van der Waals surface area contributed by atoms with Gasteiger partial charge in [0.25, 0.3) is 17.7 Å². The van der Waals surface area contributed by atoms with Crippen molar-refractivity contribution in [3.8, 4) is 0 Å². The number of hydrogen-bond donors (Lipinski definition) is 2.